The van der Waals surface area contributed by atoms with Gasteiger partial charge >= 0.3 is 6.18 Å². The highest BCUT2D eigenvalue weighted by molar-refractivity contribution is 5.84. The maximum Gasteiger partial charge on any atom is 0.397 e. The van der Waals surface area contributed by atoms with E-state index in [9.17, 15) is 31.9 Å². The number of rotatable bonds is 19. The van der Waals surface area contributed by atoms with Crippen molar-refractivity contribution in [3.8, 4) is 30.3 Å². The number of nitriles is 5. The van der Waals surface area contributed by atoms with Crippen LogP contribution in [0.1, 0.15) is 282 Å². The van der Waals surface area contributed by atoms with Gasteiger partial charge in [-0.3, -0.25) is 44.0 Å². The molecule has 123 heavy (non-hydrogen) atoms. The van der Waals surface area contributed by atoms with Gasteiger partial charge in [0.25, 0.3) is 0 Å². The maximum absolute atomic E-state index is 13.0. The van der Waals surface area contributed by atoms with Crippen LogP contribution >= 0.6 is 0 Å². The summed E-state index contributed by atoms with van der Waals surface area (Å²) >= 11 is 0. The van der Waals surface area contributed by atoms with Crippen molar-refractivity contribution in [2.24, 2.45) is 106 Å². The number of likely N-dealkylation sites (tertiary alicyclic amines) is 7. The van der Waals surface area contributed by atoms with Crippen LogP contribution in [0.4, 0.5) is 17.6 Å². The minimum atomic E-state index is -4.39. The van der Waals surface area contributed by atoms with Crippen molar-refractivity contribution in [1.82, 2.24) is 54.6 Å². The SMILES string of the molecule is CC(C)C1CCN(C(C)CC#N)CC1.CC(C)C1CCN(Cc2cccc(C#N)n2)CC1.CC(C)C1CCN(Cc2cncc(C#N)c2)CC1.CC(C)C1CCN(Cc2cncc(F)c2)CC1.CC(C)C1CCNCC1C.CC(C)[C@@H]1CCCN(C(=O)C(C)(C)C#N)C1.CC(C)[C@@H]1CCCN(C(=O)CC#N)C1.CC(C)[C@@H]1CCCN(C(=O)CC(F)(F)F)C1. The first kappa shape index (κ1) is 108. The molecular weight excluding hydrogens is 1550 g/mol. The predicted octanol–water partition coefficient (Wildman–Crippen LogP) is 20.3. The van der Waals surface area contributed by atoms with E-state index in [1.807, 2.05) is 54.1 Å². The minimum Gasteiger partial charge on any atom is -0.342 e. The van der Waals surface area contributed by atoms with Crippen molar-refractivity contribution >= 4 is 17.7 Å². The quantitative estimate of drug-likeness (QED) is 0.110. The van der Waals surface area contributed by atoms with Crippen molar-refractivity contribution in [2.45, 2.75) is 286 Å². The molecule has 3 unspecified atom stereocenters. The second-order valence-electron chi connectivity index (χ2n) is 39.8. The van der Waals surface area contributed by atoms with Crippen LogP contribution in [-0.4, -0.2) is 184 Å². The summed E-state index contributed by atoms with van der Waals surface area (Å²) in [6, 6.07) is 20.2. The molecule has 6 atom stereocenters. The Balaban J connectivity index is 0.000000296. The number of hydrogen-bond acceptors (Lipinski definition) is 16. The molecule has 0 bridgehead atoms. The van der Waals surface area contributed by atoms with Crippen molar-refractivity contribution in [1.29, 1.82) is 26.3 Å². The Morgan fingerprint density at radius 1 is 0.488 bits per heavy atom. The summed E-state index contributed by atoms with van der Waals surface area (Å²) in [5.74, 6) is 11.6. The highest BCUT2D eigenvalue weighted by Crippen LogP contribution is 2.34. The number of amides is 3. The number of piperidine rings is 8. The summed E-state index contributed by atoms with van der Waals surface area (Å²) in [6.45, 7) is 62.6. The Hall–Kier alpha value is -7.17. The molecule has 688 valence electrons. The molecule has 0 aromatic carbocycles. The summed E-state index contributed by atoms with van der Waals surface area (Å²) in [5, 5.41) is 47.2. The minimum absolute atomic E-state index is 0.00199. The molecule has 11 heterocycles. The van der Waals surface area contributed by atoms with E-state index in [-0.39, 0.29) is 24.1 Å². The summed E-state index contributed by atoms with van der Waals surface area (Å²) in [6.07, 6.45) is 19.6. The van der Waals surface area contributed by atoms with Gasteiger partial charge in [-0.1, -0.05) is 124 Å². The van der Waals surface area contributed by atoms with E-state index >= 15 is 0 Å². The number of aromatic nitrogens is 3. The molecule has 3 amide bonds. The van der Waals surface area contributed by atoms with E-state index in [1.165, 1.54) is 121 Å². The Morgan fingerprint density at radius 2 is 0.911 bits per heavy atom. The second-order valence-corrected chi connectivity index (χ2v) is 39.8. The fourth-order valence-corrected chi connectivity index (χ4v) is 18.4. The molecule has 8 fully saturated rings. The van der Waals surface area contributed by atoms with Crippen LogP contribution in [0.25, 0.3) is 0 Å². The van der Waals surface area contributed by atoms with E-state index < -0.39 is 23.9 Å². The Kier molecular flexibility index (Phi) is 50.0. The van der Waals surface area contributed by atoms with E-state index in [0.717, 1.165) is 180 Å². The van der Waals surface area contributed by atoms with Gasteiger partial charge in [-0.15, -0.1) is 0 Å². The van der Waals surface area contributed by atoms with E-state index in [2.05, 4.69) is 175 Å². The van der Waals surface area contributed by atoms with Gasteiger partial charge in [-0.25, -0.2) is 9.37 Å². The Bertz CT molecular complexity index is 3620. The molecule has 3 aromatic heterocycles. The van der Waals surface area contributed by atoms with Gasteiger partial charge in [0.2, 0.25) is 17.7 Å². The first-order valence-electron chi connectivity index (χ1n) is 47.2. The predicted molar refractivity (Wildman–Crippen MR) is 487 cm³/mol. The lowest BCUT2D eigenvalue weighted by molar-refractivity contribution is -0.163. The molecule has 0 spiro atoms. The van der Waals surface area contributed by atoms with Crippen LogP contribution in [0, 0.1) is 168 Å². The fraction of sp³-hybridized carbons (Fsp3) is 0.770. The third-order valence-electron chi connectivity index (χ3n) is 27.4. The fourth-order valence-electron chi connectivity index (χ4n) is 18.4. The third-order valence-corrected chi connectivity index (χ3v) is 27.4. The number of nitrogens with one attached hydrogen (secondary N) is 1. The van der Waals surface area contributed by atoms with Gasteiger partial charge in [0.05, 0.1) is 42.1 Å². The average molecular weight is 1710 g/mol. The van der Waals surface area contributed by atoms with Gasteiger partial charge in [-0.05, 0) is 319 Å². The lowest BCUT2D eigenvalue weighted by Crippen LogP contribution is -2.46. The summed E-state index contributed by atoms with van der Waals surface area (Å²) in [5.41, 5.74) is 3.44. The normalized spacial score (nSPS) is 21.5. The molecule has 8 aliphatic heterocycles. The monoisotopic (exact) mass is 1710 g/mol. The van der Waals surface area contributed by atoms with Crippen LogP contribution in [0.3, 0.4) is 0 Å². The molecule has 0 aliphatic carbocycles. The molecule has 19 nitrogen and oxygen atoms in total. The number of alkyl halides is 3. The zero-order valence-electron chi connectivity index (χ0n) is 79.7. The number of nitrogens with zero attached hydrogens (tertiary/aromatic N) is 15. The van der Waals surface area contributed by atoms with Crippen LogP contribution in [0.2, 0.25) is 0 Å². The molecule has 8 aliphatic rings. The lowest BCUT2D eigenvalue weighted by atomic mass is 9.80. The first-order valence-corrected chi connectivity index (χ1v) is 47.2. The summed E-state index contributed by atoms with van der Waals surface area (Å²) in [7, 11) is 0. The molecular formula is C100H162F4N16O3. The second kappa shape index (κ2) is 56.8. The molecule has 3 aromatic rings. The van der Waals surface area contributed by atoms with Gasteiger partial charge in [0.15, 0.2) is 0 Å². The largest absolute Gasteiger partial charge is 0.397 e. The molecule has 0 saturated carbocycles. The number of halogens is 4. The molecule has 23 heteroatoms. The van der Waals surface area contributed by atoms with Gasteiger partial charge in [0, 0.05) is 83.5 Å². The number of carbonyl (C=O) groups excluding carboxylic acids is 3. The van der Waals surface area contributed by atoms with Crippen LogP contribution < -0.4 is 5.32 Å². The van der Waals surface area contributed by atoms with E-state index in [0.29, 0.717) is 72.3 Å². The highest BCUT2D eigenvalue weighted by Gasteiger charge is 2.38. The van der Waals surface area contributed by atoms with Gasteiger partial charge < -0.3 is 20.0 Å². The molecule has 1 N–H and O–H groups in total. The highest BCUT2D eigenvalue weighted by atomic mass is 19.4. The third kappa shape index (κ3) is 41.4. The van der Waals surface area contributed by atoms with E-state index in [1.54, 1.807) is 38.4 Å². The zero-order chi connectivity index (χ0) is 91.5. The topological polar surface area (TPSA) is 244 Å². The Morgan fingerprint density at radius 3 is 1.30 bits per heavy atom. The maximum atomic E-state index is 13.0. The summed E-state index contributed by atoms with van der Waals surface area (Å²) < 4.78 is 49.2. The van der Waals surface area contributed by atoms with E-state index in [4.69, 9.17) is 26.3 Å². The smallest absolute Gasteiger partial charge is 0.342 e. The number of carbonyl (C=O) groups is 3. The van der Waals surface area contributed by atoms with Crippen molar-refractivity contribution in [3.05, 3.63) is 89.0 Å². The van der Waals surface area contributed by atoms with Crippen LogP contribution in [0.5, 0.6) is 0 Å². The Labute approximate surface area is 742 Å². The van der Waals surface area contributed by atoms with Crippen molar-refractivity contribution < 1.29 is 31.9 Å². The van der Waals surface area contributed by atoms with Crippen molar-refractivity contribution in [2.75, 3.05) is 105 Å². The first-order chi connectivity index (χ1) is 58.2. The van der Waals surface area contributed by atoms with Gasteiger partial charge in [0.1, 0.15) is 41.9 Å². The van der Waals surface area contributed by atoms with Crippen LogP contribution in [-0.2, 0) is 34.0 Å². The van der Waals surface area contributed by atoms with Gasteiger partial charge in [-0.2, -0.15) is 39.5 Å². The number of hydrogen-bond donors (Lipinski definition) is 1. The standard InChI is InChI=1S/2C15H21N3.C14H21FN2.C13H22N2O.C12H22N2.C11H18F3NO.C11H18N2O.C9H19N/c1-12(2)15-3-5-18(6-4-15)11-14-7-13(8-16)9-17-10-14;1-12(2)13-6-8-18(9-7-13)11-15-5-3-4-14(10-16)17-15;1-11(2)13-3-5-17(6-4-13)10-12-7-14(15)9-16-8-12;1-10(2)11-6-5-7-15(8-11)12(16)13(3,4)9-14;1-10(2)12-5-8-14(9-6-12)11(3)4-7-13;1-8(2)9-4-3-5-15(7-9)10(16)6-11(12,13)14;1-9(2)10-4-3-7-13(8-10)11(14)5-6-12;1-7(2)9-4-5-10-6-8(9)3/h7,9-10,12,15H,3-6,11H2,1-2H3;3-5,12-13H,6-9,11H2,1-2H3;7-9,11,13H,3-6,10H2,1-2H3;10-11H,5-8H2,1-4H3;10-12H,4-6,8-9H2,1-3H3;8-9H,3-7H2,1-2H3;9-10H,3-5,7-8H2,1-2H3;7-10H,4-6H2,1-3H3/t;;;11-;;9-;10-;/m...1.11./s1. The zero-order valence-corrected chi connectivity index (χ0v) is 79.7. The van der Waals surface area contributed by atoms with Crippen molar-refractivity contribution in [3.63, 3.8) is 0 Å². The molecule has 8 saturated heterocycles. The lowest BCUT2D eigenvalue weighted by Gasteiger charge is -2.37. The molecule has 0 radical (unpaired) electrons. The van der Waals surface area contributed by atoms with Crippen LogP contribution in [0.15, 0.2) is 55.1 Å². The summed E-state index contributed by atoms with van der Waals surface area (Å²) in [4.78, 5) is 62.2. The molecule has 11 rings (SSSR count). The number of pyridine rings is 3. The average Bonchev–Trinajstić information content (AvgIpc) is 0.832.